The first-order valence-corrected chi connectivity index (χ1v) is 8.17. The molecule has 0 aromatic carbocycles. The van der Waals surface area contributed by atoms with Crippen LogP contribution in [-0.2, 0) is 4.79 Å². The first-order chi connectivity index (χ1) is 8.78. The van der Waals surface area contributed by atoms with E-state index in [1.165, 1.54) is 37.3 Å². The van der Waals surface area contributed by atoms with Crippen molar-refractivity contribution in [2.24, 2.45) is 5.92 Å². The van der Waals surface area contributed by atoms with Crippen LogP contribution in [0.1, 0.15) is 19.3 Å². The molecule has 5 heteroatoms. The lowest BCUT2D eigenvalue weighted by Gasteiger charge is -2.32. The Morgan fingerprint density at radius 2 is 2.11 bits per heavy atom. The molecule has 0 aliphatic carbocycles. The van der Waals surface area contributed by atoms with Crippen LogP contribution in [0.5, 0.6) is 0 Å². The summed E-state index contributed by atoms with van der Waals surface area (Å²) in [7, 11) is 1.70. The molecule has 0 bridgehead atoms. The SMILES string of the molecule is CNC(=O)CN1CCC(NCC2CCSC2)CC1. The van der Waals surface area contributed by atoms with E-state index in [0.717, 1.165) is 19.0 Å². The van der Waals surface area contributed by atoms with Gasteiger partial charge in [-0.3, -0.25) is 9.69 Å². The smallest absolute Gasteiger partial charge is 0.233 e. The van der Waals surface area contributed by atoms with E-state index in [2.05, 4.69) is 27.3 Å². The molecular formula is C13H25N3OS. The first-order valence-electron chi connectivity index (χ1n) is 7.02. The Morgan fingerprint density at radius 3 is 2.72 bits per heavy atom. The fourth-order valence-corrected chi connectivity index (χ4v) is 3.94. The normalized spacial score (nSPS) is 26.4. The topological polar surface area (TPSA) is 44.4 Å². The number of hydrogen-bond donors (Lipinski definition) is 2. The highest BCUT2D eigenvalue weighted by molar-refractivity contribution is 7.99. The second-order valence-electron chi connectivity index (χ2n) is 5.36. The van der Waals surface area contributed by atoms with Gasteiger partial charge in [0.05, 0.1) is 6.54 Å². The largest absolute Gasteiger partial charge is 0.358 e. The van der Waals surface area contributed by atoms with Crippen LogP contribution in [0.3, 0.4) is 0 Å². The molecule has 2 rings (SSSR count). The molecule has 2 fully saturated rings. The number of thioether (sulfide) groups is 1. The summed E-state index contributed by atoms with van der Waals surface area (Å²) in [4.78, 5) is 13.5. The lowest BCUT2D eigenvalue weighted by Crippen LogP contribution is -2.46. The second-order valence-corrected chi connectivity index (χ2v) is 6.51. The van der Waals surface area contributed by atoms with E-state index in [4.69, 9.17) is 0 Å². The van der Waals surface area contributed by atoms with Crippen molar-refractivity contribution in [2.75, 3.05) is 44.7 Å². The van der Waals surface area contributed by atoms with Crippen LogP contribution in [0.2, 0.25) is 0 Å². The van der Waals surface area contributed by atoms with Gasteiger partial charge in [0, 0.05) is 26.2 Å². The zero-order valence-electron chi connectivity index (χ0n) is 11.3. The Morgan fingerprint density at radius 1 is 1.33 bits per heavy atom. The van der Waals surface area contributed by atoms with Gasteiger partial charge in [-0.05, 0) is 43.2 Å². The molecule has 2 aliphatic heterocycles. The third-order valence-electron chi connectivity index (χ3n) is 3.95. The summed E-state index contributed by atoms with van der Waals surface area (Å²) in [5, 5.41) is 6.40. The van der Waals surface area contributed by atoms with Crippen molar-refractivity contribution < 1.29 is 4.79 Å². The fraction of sp³-hybridized carbons (Fsp3) is 0.923. The van der Waals surface area contributed by atoms with Crippen molar-refractivity contribution in [1.29, 1.82) is 0 Å². The molecule has 0 aromatic heterocycles. The fourth-order valence-electron chi connectivity index (χ4n) is 2.66. The minimum absolute atomic E-state index is 0.129. The van der Waals surface area contributed by atoms with Gasteiger partial charge in [-0.25, -0.2) is 0 Å². The van der Waals surface area contributed by atoms with Gasteiger partial charge in [0.1, 0.15) is 0 Å². The maximum absolute atomic E-state index is 11.3. The number of rotatable bonds is 5. The summed E-state index contributed by atoms with van der Waals surface area (Å²) < 4.78 is 0. The van der Waals surface area contributed by atoms with Gasteiger partial charge in [0.25, 0.3) is 0 Å². The Balaban J connectivity index is 1.59. The van der Waals surface area contributed by atoms with E-state index in [-0.39, 0.29) is 5.91 Å². The van der Waals surface area contributed by atoms with Crippen LogP contribution in [0.15, 0.2) is 0 Å². The highest BCUT2D eigenvalue weighted by Crippen LogP contribution is 2.23. The predicted molar refractivity (Wildman–Crippen MR) is 77.0 cm³/mol. The first kappa shape index (κ1) is 14.2. The average molecular weight is 271 g/mol. The van der Waals surface area contributed by atoms with Crippen LogP contribution in [0.25, 0.3) is 0 Å². The van der Waals surface area contributed by atoms with Crippen molar-refractivity contribution in [2.45, 2.75) is 25.3 Å². The maximum atomic E-state index is 11.3. The number of likely N-dealkylation sites (tertiary alicyclic amines) is 1. The Hall–Kier alpha value is -0.260. The van der Waals surface area contributed by atoms with Gasteiger partial charge in [0.15, 0.2) is 0 Å². The molecule has 4 nitrogen and oxygen atoms in total. The zero-order valence-corrected chi connectivity index (χ0v) is 12.1. The molecule has 0 saturated carbocycles. The highest BCUT2D eigenvalue weighted by Gasteiger charge is 2.22. The van der Waals surface area contributed by atoms with E-state index in [1.54, 1.807) is 7.05 Å². The summed E-state index contributed by atoms with van der Waals surface area (Å²) in [6.45, 7) is 3.84. The molecule has 1 amide bonds. The van der Waals surface area contributed by atoms with Gasteiger partial charge < -0.3 is 10.6 Å². The third kappa shape index (κ3) is 4.44. The Bertz CT molecular complexity index is 261. The summed E-state index contributed by atoms with van der Waals surface area (Å²) in [6.07, 6.45) is 3.74. The lowest BCUT2D eigenvalue weighted by molar-refractivity contribution is -0.122. The van der Waals surface area contributed by atoms with Gasteiger partial charge in [0.2, 0.25) is 5.91 Å². The number of carbonyl (C=O) groups excluding carboxylic acids is 1. The number of piperidine rings is 1. The van der Waals surface area contributed by atoms with Crippen molar-refractivity contribution in [3.63, 3.8) is 0 Å². The minimum atomic E-state index is 0.129. The highest BCUT2D eigenvalue weighted by atomic mass is 32.2. The molecule has 2 aliphatic rings. The number of nitrogens with one attached hydrogen (secondary N) is 2. The lowest BCUT2D eigenvalue weighted by atomic mass is 10.0. The Kier molecular flexibility index (Phi) is 5.79. The Labute approximate surface area is 114 Å². The zero-order chi connectivity index (χ0) is 12.8. The number of likely N-dealkylation sites (N-methyl/N-ethyl adjacent to an activating group) is 1. The standard InChI is InChI=1S/C13H25N3OS/c1-14-13(17)9-16-5-2-12(3-6-16)15-8-11-4-7-18-10-11/h11-12,15H,2-10H2,1H3,(H,14,17). The number of carbonyl (C=O) groups is 1. The van der Waals surface area contributed by atoms with Crippen molar-refractivity contribution >= 4 is 17.7 Å². The predicted octanol–water partition coefficient (Wildman–Crippen LogP) is 0.540. The molecule has 0 aromatic rings. The number of nitrogens with zero attached hydrogens (tertiary/aromatic N) is 1. The van der Waals surface area contributed by atoms with Crippen LogP contribution in [0.4, 0.5) is 0 Å². The van der Waals surface area contributed by atoms with Crippen LogP contribution >= 0.6 is 11.8 Å². The maximum Gasteiger partial charge on any atom is 0.233 e. The number of amides is 1. The molecule has 1 atom stereocenters. The summed E-state index contributed by atoms with van der Waals surface area (Å²) >= 11 is 2.09. The molecule has 2 saturated heterocycles. The number of hydrogen-bond acceptors (Lipinski definition) is 4. The van der Waals surface area contributed by atoms with E-state index < -0.39 is 0 Å². The monoisotopic (exact) mass is 271 g/mol. The van der Waals surface area contributed by atoms with E-state index >= 15 is 0 Å². The molecule has 2 N–H and O–H groups in total. The van der Waals surface area contributed by atoms with E-state index in [0.29, 0.717) is 12.6 Å². The van der Waals surface area contributed by atoms with Crippen LogP contribution in [0, 0.1) is 5.92 Å². The minimum Gasteiger partial charge on any atom is -0.358 e. The van der Waals surface area contributed by atoms with Gasteiger partial charge in [-0.1, -0.05) is 0 Å². The molecule has 0 spiro atoms. The van der Waals surface area contributed by atoms with Crippen LogP contribution < -0.4 is 10.6 Å². The van der Waals surface area contributed by atoms with Crippen LogP contribution in [-0.4, -0.2) is 61.6 Å². The van der Waals surface area contributed by atoms with Gasteiger partial charge in [-0.15, -0.1) is 0 Å². The van der Waals surface area contributed by atoms with Crippen molar-refractivity contribution in [1.82, 2.24) is 15.5 Å². The average Bonchev–Trinajstić information content (AvgIpc) is 2.91. The molecule has 2 heterocycles. The quantitative estimate of drug-likeness (QED) is 0.766. The summed E-state index contributed by atoms with van der Waals surface area (Å²) in [5.41, 5.74) is 0. The third-order valence-corrected chi connectivity index (χ3v) is 5.18. The van der Waals surface area contributed by atoms with E-state index in [1.807, 2.05) is 0 Å². The molecule has 0 radical (unpaired) electrons. The molecule has 18 heavy (non-hydrogen) atoms. The van der Waals surface area contributed by atoms with Crippen molar-refractivity contribution in [3.05, 3.63) is 0 Å². The van der Waals surface area contributed by atoms with Gasteiger partial charge >= 0.3 is 0 Å². The molecule has 104 valence electrons. The van der Waals surface area contributed by atoms with Crippen molar-refractivity contribution in [3.8, 4) is 0 Å². The summed E-state index contributed by atoms with van der Waals surface area (Å²) in [5.74, 6) is 3.70. The summed E-state index contributed by atoms with van der Waals surface area (Å²) in [6, 6.07) is 0.663. The van der Waals surface area contributed by atoms with Gasteiger partial charge in [-0.2, -0.15) is 11.8 Å². The van der Waals surface area contributed by atoms with E-state index in [9.17, 15) is 4.79 Å². The second kappa shape index (κ2) is 7.36. The molecular weight excluding hydrogens is 246 g/mol. The molecule has 1 unspecified atom stereocenters.